The Balaban J connectivity index is 1.84. The molecular weight excluding hydrogens is 420 g/mol. The fraction of sp³-hybridized carbons (Fsp3) is 0.455. The lowest BCUT2D eigenvalue weighted by atomic mass is 10.1. The quantitative estimate of drug-likeness (QED) is 0.395. The van der Waals surface area contributed by atoms with E-state index in [0.29, 0.717) is 38.5 Å². The highest BCUT2D eigenvalue weighted by atomic mass is 16.4. The van der Waals surface area contributed by atoms with Crippen molar-refractivity contribution in [2.24, 2.45) is 0 Å². The summed E-state index contributed by atoms with van der Waals surface area (Å²) in [6.45, 7) is 0.280. The van der Waals surface area contributed by atoms with Crippen LogP contribution >= 0.6 is 0 Å². The Morgan fingerprint density at radius 2 is 0.875 bits per heavy atom. The minimum Gasteiger partial charge on any atom is -0.481 e. The minimum absolute atomic E-state index is 0.0229. The molecule has 0 aliphatic carbocycles. The highest BCUT2D eigenvalue weighted by molar-refractivity contribution is 5.97. The number of unbranched alkanes of at least 4 members (excludes halogenated alkanes) is 4. The standard InChI is InChI=1S/C22H24N2O8/c25-17(26)7-3-1-5-9-23-19(29)13-11-15-16(12-14(13)20(23)30)22(32)24(21(15)31)10-6-2-4-8-18(27)28/h11-12H,1-10H2,(H,25,26)(H,27,28). The zero-order valence-corrected chi connectivity index (χ0v) is 17.5. The third-order valence-electron chi connectivity index (χ3n) is 5.60. The molecule has 2 heterocycles. The van der Waals surface area contributed by atoms with Gasteiger partial charge in [0, 0.05) is 25.9 Å². The molecule has 0 aliphatic rings. The summed E-state index contributed by atoms with van der Waals surface area (Å²) >= 11 is 0. The number of aliphatic carboxylic acids is 2. The molecule has 0 bridgehead atoms. The molecule has 0 spiro atoms. The van der Waals surface area contributed by atoms with Crippen molar-refractivity contribution in [2.45, 2.75) is 64.5 Å². The maximum absolute atomic E-state index is 12.7. The highest BCUT2D eigenvalue weighted by Crippen LogP contribution is 2.15. The van der Waals surface area contributed by atoms with Crippen LogP contribution < -0.4 is 22.2 Å². The van der Waals surface area contributed by atoms with Crippen molar-refractivity contribution >= 4 is 33.5 Å². The van der Waals surface area contributed by atoms with Gasteiger partial charge in [-0.2, -0.15) is 0 Å². The highest BCUT2D eigenvalue weighted by Gasteiger charge is 2.19. The summed E-state index contributed by atoms with van der Waals surface area (Å²) in [6, 6.07) is 2.61. The van der Waals surface area contributed by atoms with E-state index in [4.69, 9.17) is 10.2 Å². The zero-order valence-electron chi connectivity index (χ0n) is 17.5. The van der Waals surface area contributed by atoms with Crippen molar-refractivity contribution < 1.29 is 19.8 Å². The van der Waals surface area contributed by atoms with Crippen molar-refractivity contribution in [3.8, 4) is 0 Å². The first kappa shape index (κ1) is 23.1. The van der Waals surface area contributed by atoms with Crippen LogP contribution in [0.3, 0.4) is 0 Å². The van der Waals surface area contributed by atoms with Gasteiger partial charge in [-0.25, -0.2) is 0 Å². The molecule has 0 saturated carbocycles. The van der Waals surface area contributed by atoms with Gasteiger partial charge in [-0.05, 0) is 37.8 Å². The number of carboxylic acid groups (broad SMARTS) is 2. The normalized spacial score (nSPS) is 11.5. The van der Waals surface area contributed by atoms with Gasteiger partial charge in [0.15, 0.2) is 0 Å². The van der Waals surface area contributed by atoms with Gasteiger partial charge < -0.3 is 10.2 Å². The molecule has 3 rings (SSSR count). The van der Waals surface area contributed by atoms with Crippen molar-refractivity contribution in [1.82, 2.24) is 9.13 Å². The lowest BCUT2D eigenvalue weighted by molar-refractivity contribution is -0.138. The van der Waals surface area contributed by atoms with Gasteiger partial charge in [0.2, 0.25) is 0 Å². The molecule has 0 aliphatic heterocycles. The first-order chi connectivity index (χ1) is 15.2. The van der Waals surface area contributed by atoms with Crippen LogP contribution in [0.5, 0.6) is 0 Å². The van der Waals surface area contributed by atoms with E-state index in [2.05, 4.69) is 0 Å². The van der Waals surface area contributed by atoms with Crippen LogP contribution in [-0.2, 0) is 22.7 Å². The second-order valence-corrected chi connectivity index (χ2v) is 7.88. The second-order valence-electron chi connectivity index (χ2n) is 7.88. The summed E-state index contributed by atoms with van der Waals surface area (Å²) in [5.74, 6) is -1.80. The third kappa shape index (κ3) is 4.68. The van der Waals surface area contributed by atoms with Crippen molar-refractivity contribution in [3.63, 3.8) is 0 Å². The number of fused-ring (bicyclic) bond motifs is 2. The first-order valence-corrected chi connectivity index (χ1v) is 10.6. The van der Waals surface area contributed by atoms with Crippen LogP contribution in [0, 0.1) is 0 Å². The molecule has 0 radical (unpaired) electrons. The summed E-state index contributed by atoms with van der Waals surface area (Å²) in [5, 5.41) is 17.7. The van der Waals surface area contributed by atoms with Gasteiger partial charge in [-0.1, -0.05) is 12.8 Å². The predicted octanol–water partition coefficient (Wildman–Crippen LogP) is 1.20. The summed E-state index contributed by atoms with van der Waals surface area (Å²) < 4.78 is 2.13. The Labute approximate surface area is 181 Å². The second kappa shape index (κ2) is 9.71. The number of rotatable bonds is 12. The lowest BCUT2D eigenvalue weighted by Gasteiger charge is -2.00. The number of nitrogens with zero attached hydrogens (tertiary/aromatic N) is 2. The van der Waals surface area contributed by atoms with E-state index in [9.17, 15) is 28.8 Å². The lowest BCUT2D eigenvalue weighted by Crippen LogP contribution is -2.26. The molecule has 0 unspecified atom stereocenters. The molecule has 32 heavy (non-hydrogen) atoms. The largest absolute Gasteiger partial charge is 0.481 e. The molecule has 1 aromatic carbocycles. The Morgan fingerprint density at radius 1 is 0.562 bits per heavy atom. The summed E-state index contributed by atoms with van der Waals surface area (Å²) in [4.78, 5) is 71.9. The molecular formula is C22H24N2O8. The first-order valence-electron chi connectivity index (χ1n) is 10.6. The fourth-order valence-electron chi connectivity index (χ4n) is 3.93. The van der Waals surface area contributed by atoms with Gasteiger partial charge in [0.05, 0.1) is 21.5 Å². The molecule has 3 aromatic rings. The maximum atomic E-state index is 12.7. The van der Waals surface area contributed by atoms with E-state index in [-0.39, 0.29) is 47.5 Å². The van der Waals surface area contributed by atoms with Crippen molar-refractivity contribution in [3.05, 3.63) is 53.5 Å². The Hall–Kier alpha value is -3.56. The van der Waals surface area contributed by atoms with Gasteiger partial charge >= 0.3 is 11.9 Å². The predicted molar refractivity (Wildman–Crippen MR) is 117 cm³/mol. The van der Waals surface area contributed by atoms with E-state index >= 15 is 0 Å². The number of hydrogen-bond donors (Lipinski definition) is 2. The van der Waals surface area contributed by atoms with E-state index < -0.39 is 34.2 Å². The minimum atomic E-state index is -0.899. The Kier molecular flexibility index (Phi) is 7.01. The van der Waals surface area contributed by atoms with E-state index in [0.717, 1.165) is 9.13 Å². The van der Waals surface area contributed by atoms with Gasteiger partial charge in [-0.15, -0.1) is 0 Å². The topological polar surface area (TPSA) is 153 Å². The number of hydrogen-bond acceptors (Lipinski definition) is 6. The summed E-state index contributed by atoms with van der Waals surface area (Å²) in [7, 11) is 0. The van der Waals surface area contributed by atoms with Gasteiger partial charge in [0.1, 0.15) is 0 Å². The number of carboxylic acids is 2. The molecule has 2 N–H and O–H groups in total. The van der Waals surface area contributed by atoms with Crippen molar-refractivity contribution in [2.75, 3.05) is 0 Å². The molecule has 10 nitrogen and oxygen atoms in total. The fourth-order valence-corrected chi connectivity index (χ4v) is 3.93. The summed E-state index contributed by atoms with van der Waals surface area (Å²) in [5.41, 5.74) is -2.12. The number of aromatic nitrogens is 2. The Bertz CT molecular complexity index is 1190. The SMILES string of the molecule is O=C(O)CCCCCn1c(=O)c2cc3c(=O)n(CCCCCC(=O)O)c(=O)c3cc2c1=O. The Morgan fingerprint density at radius 3 is 1.16 bits per heavy atom. The maximum Gasteiger partial charge on any atom is 0.303 e. The van der Waals surface area contributed by atoms with Crippen LogP contribution in [0.1, 0.15) is 51.4 Å². The van der Waals surface area contributed by atoms with Crippen LogP contribution in [0.15, 0.2) is 31.3 Å². The summed E-state index contributed by atoms with van der Waals surface area (Å²) in [6.07, 6.45) is 2.97. The van der Waals surface area contributed by atoms with Gasteiger partial charge in [0.25, 0.3) is 22.2 Å². The molecule has 0 saturated heterocycles. The average Bonchev–Trinajstić information content (AvgIpc) is 3.11. The molecule has 10 heteroatoms. The molecule has 0 amide bonds. The molecule has 0 atom stereocenters. The van der Waals surface area contributed by atoms with Crippen molar-refractivity contribution in [1.29, 1.82) is 0 Å². The van der Waals surface area contributed by atoms with Crippen LogP contribution in [0.2, 0.25) is 0 Å². The smallest absolute Gasteiger partial charge is 0.303 e. The van der Waals surface area contributed by atoms with Crippen LogP contribution in [0.25, 0.3) is 21.5 Å². The molecule has 2 aromatic heterocycles. The number of benzene rings is 1. The third-order valence-corrected chi connectivity index (χ3v) is 5.60. The van der Waals surface area contributed by atoms with E-state index in [1.54, 1.807) is 0 Å². The van der Waals surface area contributed by atoms with E-state index in [1.165, 1.54) is 12.1 Å². The molecule has 0 fully saturated rings. The van der Waals surface area contributed by atoms with E-state index in [1.807, 2.05) is 0 Å². The number of carbonyl (C=O) groups is 2. The molecule has 170 valence electrons. The van der Waals surface area contributed by atoms with Crippen LogP contribution in [0.4, 0.5) is 0 Å². The van der Waals surface area contributed by atoms with Crippen LogP contribution in [-0.4, -0.2) is 31.3 Å². The zero-order chi connectivity index (χ0) is 23.4. The average molecular weight is 444 g/mol. The monoisotopic (exact) mass is 444 g/mol. The van der Waals surface area contributed by atoms with Gasteiger partial charge in [-0.3, -0.25) is 37.9 Å².